The standard InChI is InChI=1S/C23H23N3O3S/c1-12-6-7-13(2)26(12)18-10-8-17(9-11-18)23(28)29-15(4)20-24-21(27)19-14(3)16(5)30-22(19)25-20/h6-11,15H,1-5H3,(H,24,25,27)/t15-/m0/s1. The van der Waals surface area contributed by atoms with Crippen LogP contribution in [0, 0.1) is 27.7 Å². The van der Waals surface area contributed by atoms with Gasteiger partial charge in [-0.2, -0.15) is 0 Å². The summed E-state index contributed by atoms with van der Waals surface area (Å²) in [5.41, 5.74) is 4.41. The van der Waals surface area contributed by atoms with Crippen LogP contribution in [0.25, 0.3) is 15.9 Å². The first-order valence-corrected chi connectivity index (χ1v) is 10.5. The molecule has 0 aliphatic rings. The number of hydrogen-bond acceptors (Lipinski definition) is 5. The number of benzene rings is 1. The fourth-order valence-electron chi connectivity index (χ4n) is 3.57. The second-order valence-corrected chi connectivity index (χ2v) is 8.66. The van der Waals surface area contributed by atoms with E-state index in [1.54, 1.807) is 19.1 Å². The molecule has 0 unspecified atom stereocenters. The van der Waals surface area contributed by atoms with Crippen molar-refractivity contribution in [1.29, 1.82) is 0 Å². The molecule has 30 heavy (non-hydrogen) atoms. The third-order valence-corrected chi connectivity index (χ3v) is 6.46. The van der Waals surface area contributed by atoms with E-state index in [0.29, 0.717) is 21.6 Å². The Morgan fingerprint density at radius 1 is 1.07 bits per heavy atom. The number of thiophene rings is 1. The molecule has 0 amide bonds. The summed E-state index contributed by atoms with van der Waals surface area (Å²) < 4.78 is 7.69. The molecule has 0 bridgehead atoms. The van der Waals surface area contributed by atoms with E-state index in [2.05, 4.69) is 26.7 Å². The molecule has 1 N–H and O–H groups in total. The van der Waals surface area contributed by atoms with E-state index in [1.807, 2.05) is 39.8 Å². The highest BCUT2D eigenvalue weighted by Crippen LogP contribution is 2.27. The molecule has 1 aromatic carbocycles. The summed E-state index contributed by atoms with van der Waals surface area (Å²) in [6.07, 6.45) is -0.675. The second kappa shape index (κ2) is 7.57. The fraction of sp³-hybridized carbons (Fsp3) is 0.261. The van der Waals surface area contributed by atoms with E-state index >= 15 is 0 Å². The molecule has 154 valence electrons. The van der Waals surface area contributed by atoms with Gasteiger partial charge in [-0.15, -0.1) is 11.3 Å². The summed E-state index contributed by atoms with van der Waals surface area (Å²) >= 11 is 1.47. The number of carbonyl (C=O) groups is 1. The molecule has 0 fully saturated rings. The molecule has 3 aromatic heterocycles. The second-order valence-electron chi connectivity index (χ2n) is 7.46. The molecular weight excluding hydrogens is 398 g/mol. The molecule has 1 atom stereocenters. The molecule has 0 saturated heterocycles. The summed E-state index contributed by atoms with van der Waals surface area (Å²) in [5.74, 6) is -0.117. The Bertz CT molecular complexity index is 1290. The Morgan fingerprint density at radius 3 is 2.33 bits per heavy atom. The molecule has 7 heteroatoms. The first kappa shape index (κ1) is 20.1. The number of aromatic nitrogens is 3. The minimum absolute atomic E-state index is 0.207. The quantitative estimate of drug-likeness (QED) is 0.474. The normalized spacial score (nSPS) is 12.3. The maximum atomic E-state index is 12.6. The van der Waals surface area contributed by atoms with Crippen molar-refractivity contribution in [1.82, 2.24) is 14.5 Å². The highest BCUT2D eigenvalue weighted by Gasteiger charge is 2.19. The molecule has 0 radical (unpaired) electrons. The Balaban J connectivity index is 1.55. The van der Waals surface area contributed by atoms with Crippen molar-refractivity contribution in [3.63, 3.8) is 0 Å². The summed E-state index contributed by atoms with van der Waals surface area (Å²) in [5, 5.41) is 0.603. The topological polar surface area (TPSA) is 77.0 Å². The zero-order valence-corrected chi connectivity index (χ0v) is 18.4. The summed E-state index contributed by atoms with van der Waals surface area (Å²) in [4.78, 5) is 34.1. The van der Waals surface area contributed by atoms with Gasteiger partial charge in [-0.25, -0.2) is 9.78 Å². The zero-order chi connectivity index (χ0) is 21.6. The predicted octanol–water partition coefficient (Wildman–Crippen LogP) is 4.93. The van der Waals surface area contributed by atoms with Crippen LogP contribution >= 0.6 is 11.3 Å². The van der Waals surface area contributed by atoms with E-state index in [0.717, 1.165) is 27.5 Å². The third kappa shape index (κ3) is 3.45. The Morgan fingerprint density at radius 2 is 1.70 bits per heavy atom. The number of nitrogens with zero attached hydrogens (tertiary/aromatic N) is 2. The summed E-state index contributed by atoms with van der Waals surface area (Å²) in [6, 6.07) is 11.4. The van der Waals surface area contributed by atoms with Crippen molar-refractivity contribution in [2.24, 2.45) is 0 Å². The van der Waals surface area contributed by atoms with Gasteiger partial charge in [-0.1, -0.05) is 0 Å². The van der Waals surface area contributed by atoms with Gasteiger partial charge in [0.2, 0.25) is 0 Å². The van der Waals surface area contributed by atoms with E-state index in [4.69, 9.17) is 4.74 Å². The van der Waals surface area contributed by atoms with Crippen LogP contribution in [0.1, 0.15) is 51.0 Å². The van der Waals surface area contributed by atoms with Crippen LogP contribution in [0.4, 0.5) is 0 Å². The van der Waals surface area contributed by atoms with Crippen LogP contribution in [0.5, 0.6) is 0 Å². The lowest BCUT2D eigenvalue weighted by molar-refractivity contribution is 0.0320. The molecule has 0 aliphatic carbocycles. The highest BCUT2D eigenvalue weighted by atomic mass is 32.1. The van der Waals surface area contributed by atoms with Crippen molar-refractivity contribution in [3.8, 4) is 5.69 Å². The number of carbonyl (C=O) groups excluding carboxylic acids is 1. The van der Waals surface area contributed by atoms with Crippen molar-refractivity contribution >= 4 is 27.5 Å². The minimum atomic E-state index is -0.675. The van der Waals surface area contributed by atoms with Gasteiger partial charge in [0.05, 0.1) is 10.9 Å². The number of nitrogens with one attached hydrogen (secondary N) is 1. The van der Waals surface area contributed by atoms with E-state index in [-0.39, 0.29) is 5.56 Å². The molecule has 0 aliphatic heterocycles. The average molecular weight is 422 g/mol. The van der Waals surface area contributed by atoms with Crippen molar-refractivity contribution in [2.45, 2.75) is 40.7 Å². The molecule has 6 nitrogen and oxygen atoms in total. The number of hydrogen-bond donors (Lipinski definition) is 1. The predicted molar refractivity (Wildman–Crippen MR) is 119 cm³/mol. The number of fused-ring (bicyclic) bond motifs is 1. The van der Waals surface area contributed by atoms with Gasteiger partial charge in [0.15, 0.2) is 11.9 Å². The van der Waals surface area contributed by atoms with Crippen molar-refractivity contribution in [2.75, 3.05) is 0 Å². The number of aryl methyl sites for hydroxylation is 4. The van der Waals surface area contributed by atoms with Gasteiger partial charge in [-0.05, 0) is 76.6 Å². The maximum Gasteiger partial charge on any atom is 0.338 e. The molecule has 0 spiro atoms. The number of esters is 1. The van der Waals surface area contributed by atoms with Crippen LogP contribution in [-0.2, 0) is 4.74 Å². The number of H-pyrrole nitrogens is 1. The molecule has 3 heterocycles. The van der Waals surface area contributed by atoms with E-state index in [9.17, 15) is 9.59 Å². The lowest BCUT2D eigenvalue weighted by Gasteiger charge is -2.13. The SMILES string of the molecule is Cc1sc2nc([C@H](C)OC(=O)c3ccc(-n4c(C)ccc4C)cc3)[nH]c(=O)c2c1C. The average Bonchev–Trinajstić information content (AvgIpc) is 3.20. The summed E-state index contributed by atoms with van der Waals surface area (Å²) in [7, 11) is 0. The van der Waals surface area contributed by atoms with Crippen LogP contribution in [0.3, 0.4) is 0 Å². The maximum absolute atomic E-state index is 12.6. The van der Waals surface area contributed by atoms with Gasteiger partial charge in [0, 0.05) is 22.0 Å². The van der Waals surface area contributed by atoms with Gasteiger partial charge >= 0.3 is 5.97 Å². The smallest absolute Gasteiger partial charge is 0.338 e. The largest absolute Gasteiger partial charge is 0.451 e. The van der Waals surface area contributed by atoms with Gasteiger partial charge < -0.3 is 14.3 Å². The first-order chi connectivity index (χ1) is 14.3. The molecule has 4 rings (SSSR count). The lowest BCUT2D eigenvalue weighted by Crippen LogP contribution is -2.17. The third-order valence-electron chi connectivity index (χ3n) is 5.36. The van der Waals surface area contributed by atoms with Crippen LogP contribution in [0.15, 0.2) is 41.2 Å². The highest BCUT2D eigenvalue weighted by molar-refractivity contribution is 7.18. The van der Waals surface area contributed by atoms with Crippen molar-refractivity contribution < 1.29 is 9.53 Å². The first-order valence-electron chi connectivity index (χ1n) is 9.72. The number of aromatic amines is 1. The Kier molecular flexibility index (Phi) is 5.07. The lowest BCUT2D eigenvalue weighted by atomic mass is 10.2. The molecular formula is C23H23N3O3S. The van der Waals surface area contributed by atoms with E-state index < -0.39 is 12.1 Å². The van der Waals surface area contributed by atoms with Gasteiger partial charge in [0.1, 0.15) is 4.83 Å². The summed E-state index contributed by atoms with van der Waals surface area (Å²) in [6.45, 7) is 9.66. The number of ether oxygens (including phenoxy) is 1. The zero-order valence-electron chi connectivity index (χ0n) is 17.6. The van der Waals surface area contributed by atoms with E-state index in [1.165, 1.54) is 11.3 Å². The minimum Gasteiger partial charge on any atom is -0.451 e. The Hall–Kier alpha value is -3.19. The fourth-order valence-corrected chi connectivity index (χ4v) is 4.61. The van der Waals surface area contributed by atoms with Crippen LogP contribution < -0.4 is 5.56 Å². The van der Waals surface area contributed by atoms with Gasteiger partial charge in [-0.3, -0.25) is 4.79 Å². The van der Waals surface area contributed by atoms with Crippen LogP contribution in [-0.4, -0.2) is 20.5 Å². The molecule has 4 aromatic rings. The Labute approximate surface area is 178 Å². The molecule has 0 saturated carbocycles. The monoisotopic (exact) mass is 421 g/mol. The van der Waals surface area contributed by atoms with Crippen LogP contribution in [0.2, 0.25) is 0 Å². The van der Waals surface area contributed by atoms with Crippen molar-refractivity contribution in [3.05, 3.63) is 80.0 Å². The number of rotatable bonds is 4. The van der Waals surface area contributed by atoms with Gasteiger partial charge in [0.25, 0.3) is 5.56 Å².